The van der Waals surface area contributed by atoms with Crippen molar-refractivity contribution in [2.24, 2.45) is 0 Å². The van der Waals surface area contributed by atoms with Crippen LogP contribution in [0.15, 0.2) is 23.1 Å². The number of rotatable bonds is 8. The van der Waals surface area contributed by atoms with Gasteiger partial charge in [0.05, 0.1) is 11.4 Å². The van der Waals surface area contributed by atoms with Crippen LogP contribution in [-0.4, -0.2) is 87.5 Å². The summed E-state index contributed by atoms with van der Waals surface area (Å²) in [6, 6.07) is 4.71. The molecule has 2 heterocycles. The molecule has 2 aliphatic rings. The van der Waals surface area contributed by atoms with E-state index >= 15 is 0 Å². The zero-order valence-electron chi connectivity index (χ0n) is 17.3. The van der Waals surface area contributed by atoms with E-state index in [4.69, 9.17) is 9.47 Å². The van der Waals surface area contributed by atoms with E-state index in [-0.39, 0.29) is 10.8 Å². The van der Waals surface area contributed by atoms with Crippen molar-refractivity contribution >= 4 is 15.9 Å². The molecule has 0 saturated carbocycles. The van der Waals surface area contributed by atoms with Crippen molar-refractivity contribution in [2.45, 2.75) is 31.6 Å². The third kappa shape index (κ3) is 5.21. The number of nitrogens with zero attached hydrogens (tertiary/aromatic N) is 3. The summed E-state index contributed by atoms with van der Waals surface area (Å²) in [7, 11) is -3.64. The highest BCUT2D eigenvalue weighted by molar-refractivity contribution is 7.89. The predicted octanol–water partition coefficient (Wildman–Crippen LogP) is 1.41. The Labute approximate surface area is 173 Å². The molecule has 1 saturated heterocycles. The molecular formula is C20H31N3O5S. The van der Waals surface area contributed by atoms with Gasteiger partial charge in [0.2, 0.25) is 15.9 Å². The summed E-state index contributed by atoms with van der Waals surface area (Å²) < 4.78 is 38.4. The molecule has 9 heteroatoms. The Bertz CT molecular complexity index is 800. The fourth-order valence-corrected chi connectivity index (χ4v) is 5.14. The number of benzene rings is 1. The molecule has 0 N–H and O–H groups in total. The van der Waals surface area contributed by atoms with Crippen LogP contribution in [-0.2, 0) is 14.8 Å². The lowest BCUT2D eigenvalue weighted by molar-refractivity contribution is -0.133. The van der Waals surface area contributed by atoms with E-state index < -0.39 is 10.0 Å². The van der Waals surface area contributed by atoms with Crippen molar-refractivity contribution in [1.29, 1.82) is 0 Å². The molecule has 0 atom stereocenters. The molecular weight excluding hydrogens is 394 g/mol. The maximum atomic E-state index is 13.0. The number of sulfonamides is 1. The highest BCUT2D eigenvalue weighted by atomic mass is 32.2. The molecule has 0 unspecified atom stereocenters. The largest absolute Gasteiger partial charge is 0.486 e. The number of amides is 1. The zero-order chi connectivity index (χ0) is 20.9. The second kappa shape index (κ2) is 9.77. The molecule has 162 valence electrons. The first-order chi connectivity index (χ1) is 14.0. The first-order valence-electron chi connectivity index (χ1n) is 10.4. The van der Waals surface area contributed by atoms with Gasteiger partial charge in [0.1, 0.15) is 13.2 Å². The molecule has 0 aliphatic carbocycles. The summed E-state index contributed by atoms with van der Waals surface area (Å²) in [6.07, 6.45) is 2.02. The summed E-state index contributed by atoms with van der Waals surface area (Å²) in [5.74, 6) is 1.09. The third-order valence-corrected chi connectivity index (χ3v) is 7.08. The minimum atomic E-state index is -3.64. The van der Waals surface area contributed by atoms with Gasteiger partial charge in [-0.2, -0.15) is 4.31 Å². The Morgan fingerprint density at radius 3 is 2.24 bits per heavy atom. The van der Waals surface area contributed by atoms with E-state index in [1.807, 2.05) is 0 Å². The summed E-state index contributed by atoms with van der Waals surface area (Å²) in [6.45, 7) is 8.70. The maximum Gasteiger partial charge on any atom is 0.243 e. The Balaban J connectivity index is 1.60. The van der Waals surface area contributed by atoms with Gasteiger partial charge in [0, 0.05) is 32.2 Å². The van der Waals surface area contributed by atoms with Crippen molar-refractivity contribution in [1.82, 2.24) is 14.1 Å². The van der Waals surface area contributed by atoms with Crippen LogP contribution < -0.4 is 9.47 Å². The summed E-state index contributed by atoms with van der Waals surface area (Å²) in [4.78, 5) is 16.8. The first-order valence-corrected chi connectivity index (χ1v) is 11.8. The smallest absolute Gasteiger partial charge is 0.243 e. The lowest BCUT2D eigenvalue weighted by Crippen LogP contribution is -2.52. The second-order valence-corrected chi connectivity index (χ2v) is 9.30. The van der Waals surface area contributed by atoms with Gasteiger partial charge in [0.15, 0.2) is 11.5 Å². The number of ether oxygens (including phenoxy) is 2. The van der Waals surface area contributed by atoms with Crippen LogP contribution in [0.25, 0.3) is 0 Å². The second-order valence-electron chi connectivity index (χ2n) is 7.37. The number of carbonyl (C=O) groups is 1. The quantitative estimate of drug-likeness (QED) is 0.627. The SMILES string of the molecule is CCCN(CCC)CC(=O)N1CCN(S(=O)(=O)c2ccc3c(c2)OCCO3)CC1. The molecule has 1 aromatic rings. The minimum absolute atomic E-state index is 0.0725. The van der Waals surface area contributed by atoms with Gasteiger partial charge in [0.25, 0.3) is 0 Å². The van der Waals surface area contributed by atoms with Crippen molar-refractivity contribution in [3.63, 3.8) is 0 Å². The molecule has 0 spiro atoms. The summed E-state index contributed by atoms with van der Waals surface area (Å²) >= 11 is 0. The number of hydrogen-bond donors (Lipinski definition) is 0. The number of carbonyl (C=O) groups excluding carboxylic acids is 1. The monoisotopic (exact) mass is 425 g/mol. The minimum Gasteiger partial charge on any atom is -0.486 e. The Morgan fingerprint density at radius 1 is 1.00 bits per heavy atom. The van der Waals surface area contributed by atoms with Crippen molar-refractivity contribution in [3.8, 4) is 11.5 Å². The lowest BCUT2D eigenvalue weighted by atomic mass is 10.3. The Hall–Kier alpha value is -1.84. The Morgan fingerprint density at radius 2 is 1.62 bits per heavy atom. The van der Waals surface area contributed by atoms with Crippen molar-refractivity contribution in [2.75, 3.05) is 59.0 Å². The van der Waals surface area contributed by atoms with E-state index in [0.717, 1.165) is 25.9 Å². The van der Waals surface area contributed by atoms with E-state index in [0.29, 0.717) is 57.4 Å². The Kier molecular flexibility index (Phi) is 7.37. The van der Waals surface area contributed by atoms with E-state index in [2.05, 4.69) is 18.7 Å². The molecule has 29 heavy (non-hydrogen) atoms. The van der Waals surface area contributed by atoms with Crippen LogP contribution in [0.1, 0.15) is 26.7 Å². The van der Waals surface area contributed by atoms with Gasteiger partial charge in [-0.3, -0.25) is 9.69 Å². The zero-order valence-corrected chi connectivity index (χ0v) is 18.1. The van der Waals surface area contributed by atoms with Crippen LogP contribution >= 0.6 is 0 Å². The van der Waals surface area contributed by atoms with Crippen LogP contribution in [0.4, 0.5) is 0 Å². The highest BCUT2D eigenvalue weighted by Crippen LogP contribution is 2.33. The van der Waals surface area contributed by atoms with Gasteiger partial charge in [-0.25, -0.2) is 8.42 Å². The number of hydrogen-bond acceptors (Lipinski definition) is 6. The molecule has 2 aliphatic heterocycles. The van der Waals surface area contributed by atoms with Crippen LogP contribution in [0.2, 0.25) is 0 Å². The molecule has 0 aromatic heterocycles. The summed E-state index contributed by atoms with van der Waals surface area (Å²) in [5, 5.41) is 0. The van der Waals surface area contributed by atoms with Crippen LogP contribution in [0, 0.1) is 0 Å². The van der Waals surface area contributed by atoms with E-state index in [1.54, 1.807) is 17.0 Å². The average molecular weight is 426 g/mol. The van der Waals surface area contributed by atoms with E-state index in [1.165, 1.54) is 10.4 Å². The molecule has 0 radical (unpaired) electrons. The number of fused-ring (bicyclic) bond motifs is 1. The van der Waals surface area contributed by atoms with Gasteiger partial charge in [-0.1, -0.05) is 13.8 Å². The molecule has 8 nitrogen and oxygen atoms in total. The maximum absolute atomic E-state index is 13.0. The van der Waals surface area contributed by atoms with Gasteiger partial charge < -0.3 is 14.4 Å². The van der Waals surface area contributed by atoms with Crippen molar-refractivity contribution < 1.29 is 22.7 Å². The normalized spacial score (nSPS) is 17.6. The summed E-state index contributed by atoms with van der Waals surface area (Å²) in [5.41, 5.74) is 0. The standard InChI is InChI=1S/C20H31N3O5S/c1-3-7-21(8-4-2)16-20(24)22-9-11-23(12-10-22)29(25,26)17-5-6-18-19(15-17)28-14-13-27-18/h5-6,15H,3-4,7-14,16H2,1-2H3. The number of piperazine rings is 1. The highest BCUT2D eigenvalue weighted by Gasteiger charge is 2.31. The third-order valence-electron chi connectivity index (χ3n) is 5.18. The van der Waals surface area contributed by atoms with Gasteiger partial charge in [-0.15, -0.1) is 0 Å². The molecule has 1 aromatic carbocycles. The first kappa shape index (κ1) is 21.9. The van der Waals surface area contributed by atoms with E-state index in [9.17, 15) is 13.2 Å². The predicted molar refractivity (Wildman–Crippen MR) is 110 cm³/mol. The molecule has 1 amide bonds. The topological polar surface area (TPSA) is 79.4 Å². The molecule has 0 bridgehead atoms. The van der Waals surface area contributed by atoms with Gasteiger partial charge in [-0.05, 0) is 38.1 Å². The van der Waals surface area contributed by atoms with Crippen molar-refractivity contribution in [3.05, 3.63) is 18.2 Å². The molecule has 1 fully saturated rings. The van der Waals surface area contributed by atoms with Crippen LogP contribution in [0.5, 0.6) is 11.5 Å². The van der Waals surface area contributed by atoms with Crippen LogP contribution in [0.3, 0.4) is 0 Å². The fourth-order valence-electron chi connectivity index (χ4n) is 3.70. The van der Waals surface area contributed by atoms with Gasteiger partial charge >= 0.3 is 0 Å². The average Bonchev–Trinajstić information content (AvgIpc) is 2.74. The molecule has 3 rings (SSSR count). The fraction of sp³-hybridized carbons (Fsp3) is 0.650. The lowest BCUT2D eigenvalue weighted by Gasteiger charge is -2.35.